The number of anilines is 1. The maximum Gasteiger partial charge on any atom is 0.321 e. The van der Waals surface area contributed by atoms with Gasteiger partial charge >= 0.3 is 6.03 Å². The fourth-order valence-corrected chi connectivity index (χ4v) is 3.03. The minimum atomic E-state index is -0.276. The van der Waals surface area contributed by atoms with Gasteiger partial charge < -0.3 is 10.6 Å². The van der Waals surface area contributed by atoms with Crippen LogP contribution in [0.3, 0.4) is 0 Å². The van der Waals surface area contributed by atoms with Gasteiger partial charge in [0, 0.05) is 25.3 Å². The van der Waals surface area contributed by atoms with Gasteiger partial charge in [-0.15, -0.1) is 5.10 Å². The van der Waals surface area contributed by atoms with Crippen LogP contribution in [0, 0.1) is 0 Å². The van der Waals surface area contributed by atoms with Crippen LogP contribution >= 0.6 is 0 Å². The molecule has 4 rings (SSSR count). The number of carbonyl (C=O) groups is 2. The van der Waals surface area contributed by atoms with Crippen molar-refractivity contribution >= 4 is 17.6 Å². The molecule has 2 heterocycles. The first-order valence-electron chi connectivity index (χ1n) is 9.05. The molecule has 1 saturated heterocycles. The van der Waals surface area contributed by atoms with Gasteiger partial charge in [0.2, 0.25) is 0 Å². The predicted molar refractivity (Wildman–Crippen MR) is 104 cm³/mol. The van der Waals surface area contributed by atoms with Crippen molar-refractivity contribution in [2.24, 2.45) is 0 Å². The summed E-state index contributed by atoms with van der Waals surface area (Å²) in [5.41, 5.74) is 3.15. The number of nitrogens with one attached hydrogen (secondary N) is 2. The van der Waals surface area contributed by atoms with Gasteiger partial charge in [-0.25, -0.2) is 9.48 Å². The lowest BCUT2D eigenvalue weighted by Crippen LogP contribution is -2.27. The largest absolute Gasteiger partial charge is 0.347 e. The summed E-state index contributed by atoms with van der Waals surface area (Å²) in [7, 11) is 0. The van der Waals surface area contributed by atoms with Crippen LogP contribution in [0.5, 0.6) is 0 Å². The minimum absolute atomic E-state index is 0.0837. The third-order valence-corrected chi connectivity index (χ3v) is 4.52. The first-order chi connectivity index (χ1) is 13.7. The molecule has 0 spiro atoms. The molecule has 0 atom stereocenters. The minimum Gasteiger partial charge on any atom is -0.347 e. The highest BCUT2D eigenvalue weighted by Crippen LogP contribution is 2.17. The van der Waals surface area contributed by atoms with Crippen molar-refractivity contribution in [2.75, 3.05) is 18.0 Å². The Kier molecular flexibility index (Phi) is 5.01. The number of carbonyl (C=O) groups excluding carboxylic acids is 2. The number of hydrogen-bond acceptors (Lipinski definition) is 4. The molecular formula is C20H20N6O2. The van der Waals surface area contributed by atoms with Crippen molar-refractivity contribution in [2.45, 2.75) is 13.1 Å². The quantitative estimate of drug-likeness (QED) is 0.686. The van der Waals surface area contributed by atoms with E-state index < -0.39 is 0 Å². The van der Waals surface area contributed by atoms with E-state index in [4.69, 9.17) is 0 Å². The van der Waals surface area contributed by atoms with E-state index in [1.54, 1.807) is 15.8 Å². The standard InChI is InChI=1S/C20H20N6O2/c27-19(18-14-25(24-23-18)13-16-4-2-1-3-5-16)22-12-15-6-8-17(9-7-15)26-11-10-21-20(26)28/h1-9,14H,10-13H2,(H,21,28)(H,22,27). The van der Waals surface area contributed by atoms with Crippen molar-refractivity contribution in [3.05, 3.63) is 77.6 Å². The molecule has 0 radical (unpaired) electrons. The molecule has 0 saturated carbocycles. The lowest BCUT2D eigenvalue weighted by Gasteiger charge is -2.14. The summed E-state index contributed by atoms with van der Waals surface area (Å²) in [5, 5.41) is 13.6. The summed E-state index contributed by atoms with van der Waals surface area (Å²) in [6.45, 7) is 2.25. The average molecular weight is 376 g/mol. The molecule has 0 bridgehead atoms. The predicted octanol–water partition coefficient (Wildman–Crippen LogP) is 1.79. The Morgan fingerprint density at radius 1 is 1.07 bits per heavy atom. The van der Waals surface area contributed by atoms with E-state index in [1.807, 2.05) is 54.6 Å². The third kappa shape index (κ3) is 4.01. The Hall–Kier alpha value is -3.68. The molecule has 8 nitrogen and oxygen atoms in total. The molecule has 1 aromatic heterocycles. The number of aromatic nitrogens is 3. The second-order valence-corrected chi connectivity index (χ2v) is 6.52. The molecule has 1 aliphatic rings. The van der Waals surface area contributed by atoms with E-state index in [1.165, 1.54) is 0 Å². The van der Waals surface area contributed by atoms with E-state index >= 15 is 0 Å². The number of amides is 3. The monoisotopic (exact) mass is 376 g/mol. The van der Waals surface area contributed by atoms with E-state index in [2.05, 4.69) is 20.9 Å². The summed E-state index contributed by atoms with van der Waals surface area (Å²) in [6, 6.07) is 17.3. The zero-order chi connectivity index (χ0) is 19.3. The maximum absolute atomic E-state index is 12.3. The van der Waals surface area contributed by atoms with Gasteiger partial charge in [-0.05, 0) is 23.3 Å². The maximum atomic E-state index is 12.3. The van der Waals surface area contributed by atoms with Crippen molar-refractivity contribution in [1.29, 1.82) is 0 Å². The first-order valence-corrected chi connectivity index (χ1v) is 9.05. The van der Waals surface area contributed by atoms with Crippen LogP contribution in [0.25, 0.3) is 0 Å². The van der Waals surface area contributed by atoms with Gasteiger partial charge in [-0.2, -0.15) is 0 Å². The highest BCUT2D eigenvalue weighted by molar-refractivity contribution is 5.94. The molecule has 3 aromatic rings. The highest BCUT2D eigenvalue weighted by atomic mass is 16.2. The summed E-state index contributed by atoms with van der Waals surface area (Å²) < 4.78 is 1.64. The van der Waals surface area contributed by atoms with Crippen molar-refractivity contribution < 1.29 is 9.59 Å². The lowest BCUT2D eigenvalue weighted by atomic mass is 10.2. The van der Waals surface area contributed by atoms with Crippen LogP contribution in [0.2, 0.25) is 0 Å². The van der Waals surface area contributed by atoms with Crippen molar-refractivity contribution in [3.63, 3.8) is 0 Å². The Morgan fingerprint density at radius 3 is 2.57 bits per heavy atom. The zero-order valence-electron chi connectivity index (χ0n) is 15.2. The van der Waals surface area contributed by atoms with Crippen molar-refractivity contribution in [1.82, 2.24) is 25.6 Å². The van der Waals surface area contributed by atoms with Crippen LogP contribution in [0.4, 0.5) is 10.5 Å². The fraction of sp³-hybridized carbons (Fsp3) is 0.200. The number of benzene rings is 2. The van der Waals surface area contributed by atoms with E-state index in [9.17, 15) is 9.59 Å². The smallest absolute Gasteiger partial charge is 0.321 e. The van der Waals surface area contributed by atoms with Crippen LogP contribution in [0.1, 0.15) is 21.6 Å². The van der Waals surface area contributed by atoms with Gasteiger partial charge in [-0.3, -0.25) is 9.69 Å². The number of hydrogen-bond donors (Lipinski definition) is 2. The molecule has 28 heavy (non-hydrogen) atoms. The van der Waals surface area contributed by atoms with Crippen LogP contribution in [-0.4, -0.2) is 40.0 Å². The van der Waals surface area contributed by atoms with E-state index in [0.29, 0.717) is 26.2 Å². The van der Waals surface area contributed by atoms with Crippen LogP contribution in [-0.2, 0) is 13.1 Å². The molecule has 2 N–H and O–H groups in total. The summed E-state index contributed by atoms with van der Waals surface area (Å²) in [6.07, 6.45) is 1.64. The molecule has 3 amide bonds. The Labute approximate surface area is 162 Å². The average Bonchev–Trinajstić information content (AvgIpc) is 3.36. The van der Waals surface area contributed by atoms with E-state index in [0.717, 1.165) is 16.8 Å². The normalized spacial score (nSPS) is 13.4. The second-order valence-electron chi connectivity index (χ2n) is 6.52. The number of rotatable bonds is 6. The van der Waals surface area contributed by atoms with Gasteiger partial charge in [0.25, 0.3) is 5.91 Å². The van der Waals surface area contributed by atoms with Gasteiger partial charge in [0.15, 0.2) is 5.69 Å². The van der Waals surface area contributed by atoms with Gasteiger partial charge in [0.05, 0.1) is 12.7 Å². The molecule has 0 aliphatic carbocycles. The van der Waals surface area contributed by atoms with Crippen LogP contribution in [0.15, 0.2) is 60.8 Å². The first kappa shape index (κ1) is 17.7. The summed E-state index contributed by atoms with van der Waals surface area (Å²) >= 11 is 0. The van der Waals surface area contributed by atoms with Crippen LogP contribution < -0.4 is 15.5 Å². The lowest BCUT2D eigenvalue weighted by molar-refractivity contribution is 0.0946. The van der Waals surface area contributed by atoms with Gasteiger partial charge in [-0.1, -0.05) is 47.7 Å². The molecule has 1 fully saturated rings. The Morgan fingerprint density at radius 2 is 1.86 bits per heavy atom. The molecule has 1 aliphatic heterocycles. The van der Waals surface area contributed by atoms with Crippen molar-refractivity contribution in [3.8, 4) is 0 Å². The number of nitrogens with zero attached hydrogens (tertiary/aromatic N) is 4. The molecular weight excluding hydrogens is 356 g/mol. The Balaban J connectivity index is 1.32. The third-order valence-electron chi connectivity index (χ3n) is 4.52. The number of urea groups is 1. The molecule has 142 valence electrons. The topological polar surface area (TPSA) is 92.2 Å². The summed E-state index contributed by atoms with van der Waals surface area (Å²) in [4.78, 5) is 25.7. The second kappa shape index (κ2) is 7.91. The molecule has 2 aromatic carbocycles. The fourth-order valence-electron chi connectivity index (χ4n) is 3.03. The van der Waals surface area contributed by atoms with Gasteiger partial charge in [0.1, 0.15) is 0 Å². The zero-order valence-corrected chi connectivity index (χ0v) is 15.2. The summed E-state index contributed by atoms with van der Waals surface area (Å²) in [5.74, 6) is -0.276. The Bertz CT molecular complexity index is 968. The molecule has 0 unspecified atom stereocenters. The molecule has 8 heteroatoms. The highest BCUT2D eigenvalue weighted by Gasteiger charge is 2.20. The van der Waals surface area contributed by atoms with E-state index in [-0.39, 0.29) is 17.6 Å². The SMILES string of the molecule is O=C(NCc1ccc(N2CCNC2=O)cc1)c1cn(Cc2ccccc2)nn1.